The highest BCUT2D eigenvalue weighted by Gasteiger charge is 2.27. The summed E-state index contributed by atoms with van der Waals surface area (Å²) in [5.74, 6) is 0. The standard InChI is InChI=1S/C13H18Cl2N2O3S/c1-8-6-9(4-5-20-8)17-21(18,19)12-3-2-11(14)10(7-16)13(12)15/h2-3,8-9,17H,4-7,16H2,1H3. The number of nitrogens with one attached hydrogen (secondary N) is 1. The molecule has 1 fully saturated rings. The minimum absolute atomic E-state index is 0.00756. The van der Waals surface area contributed by atoms with Crippen molar-refractivity contribution >= 4 is 33.2 Å². The van der Waals surface area contributed by atoms with Crippen molar-refractivity contribution in [2.24, 2.45) is 5.73 Å². The van der Waals surface area contributed by atoms with E-state index in [0.29, 0.717) is 30.0 Å². The van der Waals surface area contributed by atoms with Gasteiger partial charge < -0.3 is 10.5 Å². The van der Waals surface area contributed by atoms with Crippen molar-refractivity contribution in [2.45, 2.75) is 43.4 Å². The molecule has 118 valence electrons. The molecule has 1 heterocycles. The number of sulfonamides is 1. The Kier molecular flexibility index (Phi) is 5.51. The van der Waals surface area contributed by atoms with Gasteiger partial charge in [-0.2, -0.15) is 0 Å². The summed E-state index contributed by atoms with van der Waals surface area (Å²) < 4.78 is 33.1. The Balaban J connectivity index is 2.27. The van der Waals surface area contributed by atoms with Gasteiger partial charge in [0, 0.05) is 29.8 Å². The van der Waals surface area contributed by atoms with Crippen molar-refractivity contribution in [3.63, 3.8) is 0 Å². The quantitative estimate of drug-likeness (QED) is 0.870. The molecule has 1 saturated heterocycles. The van der Waals surface area contributed by atoms with E-state index in [0.717, 1.165) is 0 Å². The molecule has 0 bridgehead atoms. The molecule has 1 aliphatic heterocycles. The maximum atomic E-state index is 12.5. The molecule has 0 aromatic heterocycles. The normalized spacial score (nSPS) is 23.2. The second kappa shape index (κ2) is 6.81. The van der Waals surface area contributed by atoms with Crippen molar-refractivity contribution in [3.8, 4) is 0 Å². The van der Waals surface area contributed by atoms with E-state index in [-0.39, 0.29) is 28.6 Å². The van der Waals surface area contributed by atoms with Crippen LogP contribution in [0.5, 0.6) is 0 Å². The smallest absolute Gasteiger partial charge is 0.242 e. The molecule has 0 amide bonds. The molecule has 5 nitrogen and oxygen atoms in total. The monoisotopic (exact) mass is 352 g/mol. The van der Waals surface area contributed by atoms with Gasteiger partial charge in [-0.15, -0.1) is 0 Å². The molecule has 0 saturated carbocycles. The first kappa shape index (κ1) is 17.0. The molecular formula is C13H18Cl2N2O3S. The van der Waals surface area contributed by atoms with Gasteiger partial charge in [-0.3, -0.25) is 0 Å². The van der Waals surface area contributed by atoms with Crippen LogP contribution < -0.4 is 10.5 Å². The first-order chi connectivity index (χ1) is 9.85. The lowest BCUT2D eigenvalue weighted by Gasteiger charge is -2.28. The highest BCUT2D eigenvalue weighted by atomic mass is 35.5. The van der Waals surface area contributed by atoms with E-state index < -0.39 is 10.0 Å². The van der Waals surface area contributed by atoms with Crippen LogP contribution in [-0.4, -0.2) is 27.2 Å². The Morgan fingerprint density at radius 2 is 2.14 bits per heavy atom. The van der Waals surface area contributed by atoms with E-state index >= 15 is 0 Å². The van der Waals surface area contributed by atoms with E-state index in [4.69, 9.17) is 33.7 Å². The SMILES string of the molecule is CC1CC(NS(=O)(=O)c2ccc(Cl)c(CN)c2Cl)CCO1. The van der Waals surface area contributed by atoms with E-state index in [9.17, 15) is 8.42 Å². The average Bonchev–Trinajstić information content (AvgIpc) is 2.38. The number of benzene rings is 1. The number of hydrogen-bond donors (Lipinski definition) is 2. The molecule has 1 aromatic rings. The van der Waals surface area contributed by atoms with Gasteiger partial charge in [-0.1, -0.05) is 23.2 Å². The zero-order chi connectivity index (χ0) is 15.6. The number of ether oxygens (including phenoxy) is 1. The van der Waals surface area contributed by atoms with Crippen LogP contribution in [0.2, 0.25) is 10.0 Å². The minimum Gasteiger partial charge on any atom is -0.378 e. The summed E-state index contributed by atoms with van der Waals surface area (Å²) in [7, 11) is -3.72. The molecule has 2 rings (SSSR count). The van der Waals surface area contributed by atoms with Gasteiger partial charge in [-0.25, -0.2) is 13.1 Å². The molecule has 8 heteroatoms. The van der Waals surface area contributed by atoms with Gasteiger partial charge >= 0.3 is 0 Å². The summed E-state index contributed by atoms with van der Waals surface area (Å²) in [6, 6.07) is 2.73. The Morgan fingerprint density at radius 1 is 1.43 bits per heavy atom. The average molecular weight is 353 g/mol. The first-order valence-corrected chi connectivity index (χ1v) is 8.90. The van der Waals surface area contributed by atoms with Crippen LogP contribution >= 0.6 is 23.2 Å². The van der Waals surface area contributed by atoms with Crippen LogP contribution in [0.25, 0.3) is 0 Å². The van der Waals surface area contributed by atoms with Crippen LogP contribution in [0.15, 0.2) is 17.0 Å². The summed E-state index contributed by atoms with van der Waals surface area (Å²) >= 11 is 12.1. The number of hydrogen-bond acceptors (Lipinski definition) is 4. The van der Waals surface area contributed by atoms with Crippen molar-refractivity contribution in [1.82, 2.24) is 4.72 Å². The summed E-state index contributed by atoms with van der Waals surface area (Å²) in [6.45, 7) is 2.54. The molecule has 0 spiro atoms. The lowest BCUT2D eigenvalue weighted by molar-refractivity contribution is 0.0173. The largest absolute Gasteiger partial charge is 0.378 e. The van der Waals surface area contributed by atoms with E-state index in [2.05, 4.69) is 4.72 Å². The number of rotatable bonds is 4. The van der Waals surface area contributed by atoms with Crippen LogP contribution in [-0.2, 0) is 21.3 Å². The highest BCUT2D eigenvalue weighted by Crippen LogP contribution is 2.31. The number of nitrogens with two attached hydrogens (primary N) is 1. The Labute approximate surface area is 134 Å². The third-order valence-electron chi connectivity index (χ3n) is 3.45. The van der Waals surface area contributed by atoms with Crippen LogP contribution in [0, 0.1) is 0 Å². The van der Waals surface area contributed by atoms with Crippen molar-refractivity contribution in [1.29, 1.82) is 0 Å². The second-order valence-corrected chi connectivity index (χ2v) is 7.53. The molecule has 2 atom stereocenters. The van der Waals surface area contributed by atoms with Gasteiger partial charge in [-0.05, 0) is 31.9 Å². The molecule has 0 aliphatic carbocycles. The fourth-order valence-corrected chi connectivity index (χ4v) is 4.57. The fraction of sp³-hybridized carbons (Fsp3) is 0.538. The second-order valence-electron chi connectivity index (χ2n) is 5.07. The predicted molar refractivity (Wildman–Crippen MR) is 83.1 cm³/mol. The molecule has 0 radical (unpaired) electrons. The fourth-order valence-electron chi connectivity index (χ4n) is 2.36. The lowest BCUT2D eigenvalue weighted by atomic mass is 10.1. The lowest BCUT2D eigenvalue weighted by Crippen LogP contribution is -2.41. The Bertz CT molecular complexity index is 622. The Hall–Kier alpha value is -0.370. The molecule has 21 heavy (non-hydrogen) atoms. The minimum atomic E-state index is -3.72. The molecule has 1 aromatic carbocycles. The maximum Gasteiger partial charge on any atom is 0.242 e. The zero-order valence-electron chi connectivity index (χ0n) is 11.6. The van der Waals surface area contributed by atoms with Gasteiger partial charge in [0.15, 0.2) is 0 Å². The first-order valence-electron chi connectivity index (χ1n) is 6.66. The molecule has 2 unspecified atom stereocenters. The summed E-state index contributed by atoms with van der Waals surface area (Å²) in [4.78, 5) is 0.00756. The Morgan fingerprint density at radius 3 is 2.76 bits per heavy atom. The van der Waals surface area contributed by atoms with Gasteiger partial charge in [0.1, 0.15) is 4.90 Å². The highest BCUT2D eigenvalue weighted by molar-refractivity contribution is 7.89. The number of halogens is 2. The third-order valence-corrected chi connectivity index (χ3v) is 5.91. The van der Waals surface area contributed by atoms with E-state index in [1.54, 1.807) is 0 Å². The van der Waals surface area contributed by atoms with Gasteiger partial charge in [0.2, 0.25) is 10.0 Å². The summed E-state index contributed by atoms with van der Waals surface area (Å²) in [5, 5.41) is 0.443. The zero-order valence-corrected chi connectivity index (χ0v) is 13.9. The van der Waals surface area contributed by atoms with Crippen LogP contribution in [0.4, 0.5) is 0 Å². The van der Waals surface area contributed by atoms with Crippen molar-refractivity contribution in [2.75, 3.05) is 6.61 Å². The van der Waals surface area contributed by atoms with Gasteiger partial charge in [0.05, 0.1) is 11.1 Å². The van der Waals surface area contributed by atoms with E-state index in [1.807, 2.05) is 6.92 Å². The maximum absolute atomic E-state index is 12.5. The summed E-state index contributed by atoms with van der Waals surface area (Å²) in [6.07, 6.45) is 1.30. The van der Waals surface area contributed by atoms with Crippen molar-refractivity contribution < 1.29 is 13.2 Å². The van der Waals surface area contributed by atoms with Crippen LogP contribution in [0.1, 0.15) is 25.3 Å². The van der Waals surface area contributed by atoms with E-state index in [1.165, 1.54) is 12.1 Å². The van der Waals surface area contributed by atoms with Crippen LogP contribution in [0.3, 0.4) is 0 Å². The third kappa shape index (κ3) is 3.88. The van der Waals surface area contributed by atoms with Gasteiger partial charge in [0.25, 0.3) is 0 Å². The molecule has 1 aliphatic rings. The molecular weight excluding hydrogens is 335 g/mol. The summed E-state index contributed by atoms with van der Waals surface area (Å²) in [5.41, 5.74) is 6.00. The van der Waals surface area contributed by atoms with Crippen molar-refractivity contribution in [3.05, 3.63) is 27.7 Å². The predicted octanol–water partition coefficient (Wildman–Crippen LogP) is 2.30. The molecule has 3 N–H and O–H groups in total. The topological polar surface area (TPSA) is 81.4 Å².